The Bertz CT molecular complexity index is 738. The fourth-order valence-electron chi connectivity index (χ4n) is 2.58. The molecular weight excluding hydrogens is 322 g/mol. The maximum absolute atomic E-state index is 11.8. The van der Waals surface area contributed by atoms with E-state index >= 15 is 0 Å². The number of aryl methyl sites for hydroxylation is 1. The SMILES string of the molecule is CC(=O)N(c1nc(CNc2ccc(C)nc2N(C)C)cs1)C1CC1. The topological polar surface area (TPSA) is 61.4 Å². The molecular formula is C17H23N5OS. The molecule has 0 atom stereocenters. The second kappa shape index (κ2) is 6.76. The van der Waals surface area contributed by atoms with Crippen molar-refractivity contribution in [2.45, 2.75) is 39.3 Å². The van der Waals surface area contributed by atoms with Gasteiger partial charge in [0.15, 0.2) is 10.9 Å². The van der Waals surface area contributed by atoms with Gasteiger partial charge in [-0.3, -0.25) is 9.69 Å². The highest BCUT2D eigenvalue weighted by molar-refractivity contribution is 7.14. The summed E-state index contributed by atoms with van der Waals surface area (Å²) >= 11 is 1.53. The summed E-state index contributed by atoms with van der Waals surface area (Å²) in [7, 11) is 3.96. The Hall–Kier alpha value is -2.15. The van der Waals surface area contributed by atoms with Crippen LogP contribution in [0.2, 0.25) is 0 Å². The standard InChI is InChI=1S/C17H23N5OS/c1-11-5-8-15(16(19-11)21(3)4)18-9-13-10-24-17(20-13)22(12(2)23)14-6-7-14/h5,8,10,14,18H,6-7,9H2,1-4H3. The number of aromatic nitrogens is 2. The van der Waals surface area contributed by atoms with E-state index in [2.05, 4.69) is 15.3 Å². The molecule has 1 saturated carbocycles. The molecule has 128 valence electrons. The lowest BCUT2D eigenvalue weighted by molar-refractivity contribution is -0.116. The number of pyridine rings is 1. The number of carbonyl (C=O) groups is 1. The van der Waals surface area contributed by atoms with Crippen LogP contribution in [0.3, 0.4) is 0 Å². The lowest BCUT2D eigenvalue weighted by Gasteiger charge is -2.18. The number of hydrogen-bond acceptors (Lipinski definition) is 6. The summed E-state index contributed by atoms with van der Waals surface area (Å²) in [6.45, 7) is 4.20. The van der Waals surface area contributed by atoms with Crippen molar-refractivity contribution in [3.63, 3.8) is 0 Å². The van der Waals surface area contributed by atoms with Gasteiger partial charge in [0, 0.05) is 38.1 Å². The zero-order valence-corrected chi connectivity index (χ0v) is 15.4. The van der Waals surface area contributed by atoms with Crippen LogP contribution in [0.1, 0.15) is 31.2 Å². The molecule has 0 spiro atoms. The monoisotopic (exact) mass is 345 g/mol. The van der Waals surface area contributed by atoms with Crippen molar-refractivity contribution in [2.24, 2.45) is 0 Å². The van der Waals surface area contributed by atoms with Crippen LogP contribution in [-0.2, 0) is 11.3 Å². The Labute approximate surface area is 146 Å². The lowest BCUT2D eigenvalue weighted by Crippen LogP contribution is -2.30. The van der Waals surface area contributed by atoms with Gasteiger partial charge in [0.2, 0.25) is 5.91 Å². The van der Waals surface area contributed by atoms with Gasteiger partial charge in [0.25, 0.3) is 0 Å². The first kappa shape index (κ1) is 16.7. The average molecular weight is 345 g/mol. The molecule has 1 fully saturated rings. The molecule has 0 bridgehead atoms. The highest BCUT2D eigenvalue weighted by atomic mass is 32.1. The predicted octanol–water partition coefficient (Wildman–Crippen LogP) is 3.04. The van der Waals surface area contributed by atoms with Gasteiger partial charge < -0.3 is 10.2 Å². The number of thiazole rings is 1. The van der Waals surface area contributed by atoms with Crippen LogP contribution in [-0.4, -0.2) is 36.0 Å². The quantitative estimate of drug-likeness (QED) is 0.872. The Balaban J connectivity index is 1.71. The molecule has 24 heavy (non-hydrogen) atoms. The fraction of sp³-hybridized carbons (Fsp3) is 0.471. The van der Waals surface area contributed by atoms with E-state index in [4.69, 9.17) is 0 Å². The summed E-state index contributed by atoms with van der Waals surface area (Å²) in [4.78, 5) is 24.8. The van der Waals surface area contributed by atoms with Crippen molar-refractivity contribution < 1.29 is 4.79 Å². The summed E-state index contributed by atoms with van der Waals surface area (Å²) in [5.41, 5.74) is 2.90. The number of hydrogen-bond donors (Lipinski definition) is 1. The van der Waals surface area contributed by atoms with Crippen molar-refractivity contribution in [1.29, 1.82) is 0 Å². The third-order valence-corrected chi connectivity index (χ3v) is 4.78. The van der Waals surface area contributed by atoms with Crippen LogP contribution in [0.25, 0.3) is 0 Å². The van der Waals surface area contributed by atoms with Crippen LogP contribution in [0.5, 0.6) is 0 Å². The number of amides is 1. The Kier molecular flexibility index (Phi) is 4.71. The first-order valence-electron chi connectivity index (χ1n) is 8.08. The summed E-state index contributed by atoms with van der Waals surface area (Å²) in [5.74, 6) is 0.984. The van der Waals surface area contributed by atoms with Crippen molar-refractivity contribution in [1.82, 2.24) is 9.97 Å². The van der Waals surface area contributed by atoms with E-state index in [0.29, 0.717) is 12.6 Å². The number of rotatable bonds is 6. The molecule has 2 aromatic heterocycles. The maximum atomic E-state index is 11.8. The van der Waals surface area contributed by atoms with Gasteiger partial charge in [-0.1, -0.05) is 0 Å². The minimum Gasteiger partial charge on any atom is -0.376 e. The Morgan fingerprint density at radius 3 is 2.71 bits per heavy atom. The van der Waals surface area contributed by atoms with Gasteiger partial charge in [0.1, 0.15) is 0 Å². The fourth-order valence-corrected chi connectivity index (χ4v) is 3.52. The molecule has 0 radical (unpaired) electrons. The van der Waals surface area contributed by atoms with E-state index in [1.165, 1.54) is 11.3 Å². The lowest BCUT2D eigenvalue weighted by atomic mass is 10.3. The third kappa shape index (κ3) is 3.67. The first-order chi connectivity index (χ1) is 11.5. The average Bonchev–Trinajstić information content (AvgIpc) is 3.24. The van der Waals surface area contributed by atoms with E-state index in [9.17, 15) is 4.79 Å². The van der Waals surface area contributed by atoms with Crippen molar-refractivity contribution in [3.8, 4) is 0 Å². The zero-order chi connectivity index (χ0) is 17.3. The van der Waals surface area contributed by atoms with Crippen molar-refractivity contribution >= 4 is 33.9 Å². The molecule has 1 N–H and O–H groups in total. The van der Waals surface area contributed by atoms with Gasteiger partial charge in [-0.2, -0.15) is 0 Å². The summed E-state index contributed by atoms with van der Waals surface area (Å²) in [6, 6.07) is 4.37. The first-order valence-corrected chi connectivity index (χ1v) is 8.96. The van der Waals surface area contributed by atoms with Crippen LogP contribution in [0.4, 0.5) is 16.6 Å². The molecule has 3 rings (SSSR count). The summed E-state index contributed by atoms with van der Waals surface area (Å²) < 4.78 is 0. The summed E-state index contributed by atoms with van der Waals surface area (Å²) in [5, 5.41) is 6.21. The maximum Gasteiger partial charge on any atom is 0.225 e. The highest BCUT2D eigenvalue weighted by Gasteiger charge is 2.33. The van der Waals surface area contributed by atoms with Crippen LogP contribution < -0.4 is 15.1 Å². The second-order valence-electron chi connectivity index (χ2n) is 6.31. The van der Waals surface area contributed by atoms with E-state index in [0.717, 1.165) is 40.9 Å². The molecule has 1 amide bonds. The molecule has 7 heteroatoms. The molecule has 2 aromatic rings. The van der Waals surface area contributed by atoms with Crippen LogP contribution in [0, 0.1) is 6.92 Å². The van der Waals surface area contributed by atoms with E-state index < -0.39 is 0 Å². The Morgan fingerprint density at radius 1 is 1.33 bits per heavy atom. The molecule has 0 aromatic carbocycles. The Morgan fingerprint density at radius 2 is 2.08 bits per heavy atom. The van der Waals surface area contributed by atoms with E-state index in [1.54, 1.807) is 6.92 Å². The molecule has 0 saturated heterocycles. The van der Waals surface area contributed by atoms with Crippen LogP contribution in [0.15, 0.2) is 17.5 Å². The van der Waals surface area contributed by atoms with E-state index in [-0.39, 0.29) is 5.91 Å². The molecule has 1 aliphatic carbocycles. The second-order valence-corrected chi connectivity index (χ2v) is 7.15. The number of nitrogens with zero attached hydrogens (tertiary/aromatic N) is 4. The third-order valence-electron chi connectivity index (χ3n) is 3.89. The smallest absolute Gasteiger partial charge is 0.225 e. The van der Waals surface area contributed by atoms with Gasteiger partial charge in [-0.15, -0.1) is 11.3 Å². The van der Waals surface area contributed by atoms with Crippen molar-refractivity contribution in [3.05, 3.63) is 28.9 Å². The van der Waals surface area contributed by atoms with Crippen molar-refractivity contribution in [2.75, 3.05) is 29.2 Å². The normalized spacial score (nSPS) is 13.7. The number of anilines is 3. The molecule has 0 aliphatic heterocycles. The highest BCUT2D eigenvalue weighted by Crippen LogP contribution is 2.33. The largest absolute Gasteiger partial charge is 0.376 e. The molecule has 1 aliphatic rings. The van der Waals surface area contributed by atoms with Gasteiger partial charge in [-0.05, 0) is 31.9 Å². The molecule has 0 unspecified atom stereocenters. The van der Waals surface area contributed by atoms with Gasteiger partial charge >= 0.3 is 0 Å². The predicted molar refractivity (Wildman–Crippen MR) is 98.9 cm³/mol. The minimum atomic E-state index is 0.0731. The van der Waals surface area contributed by atoms with Crippen LogP contribution >= 0.6 is 11.3 Å². The minimum absolute atomic E-state index is 0.0731. The van der Waals surface area contributed by atoms with E-state index in [1.807, 2.05) is 48.3 Å². The van der Waals surface area contributed by atoms with Gasteiger partial charge in [0.05, 0.1) is 17.9 Å². The summed E-state index contributed by atoms with van der Waals surface area (Å²) in [6.07, 6.45) is 2.15. The zero-order valence-electron chi connectivity index (χ0n) is 14.5. The number of carbonyl (C=O) groups excluding carboxylic acids is 1. The van der Waals surface area contributed by atoms with Gasteiger partial charge in [-0.25, -0.2) is 9.97 Å². The number of nitrogens with one attached hydrogen (secondary N) is 1. The molecule has 6 nitrogen and oxygen atoms in total. The molecule has 2 heterocycles.